The molecule has 1 N–H and O–H groups in total. The van der Waals surface area contributed by atoms with Gasteiger partial charge in [-0.3, -0.25) is 14.2 Å². The number of amides is 1. The molecule has 0 bridgehead atoms. The second kappa shape index (κ2) is 8.53. The molecule has 0 aliphatic carbocycles. The highest BCUT2D eigenvalue weighted by Crippen LogP contribution is 2.31. The fourth-order valence-electron chi connectivity index (χ4n) is 3.23. The molecule has 2 heterocycles. The van der Waals surface area contributed by atoms with Crippen molar-refractivity contribution in [1.82, 2.24) is 9.55 Å². The molecule has 0 saturated heterocycles. The monoisotopic (exact) mass is 481 g/mol. The highest BCUT2D eigenvalue weighted by molar-refractivity contribution is 9.10. The van der Waals surface area contributed by atoms with Crippen molar-refractivity contribution in [3.05, 3.63) is 80.6 Å². The van der Waals surface area contributed by atoms with Crippen molar-refractivity contribution in [3.63, 3.8) is 0 Å². The van der Waals surface area contributed by atoms with Crippen LogP contribution in [0.25, 0.3) is 21.3 Å². The van der Waals surface area contributed by atoms with E-state index in [1.807, 2.05) is 53.9 Å². The van der Waals surface area contributed by atoms with Crippen molar-refractivity contribution < 1.29 is 4.79 Å². The van der Waals surface area contributed by atoms with E-state index in [2.05, 4.69) is 40.1 Å². The Hall–Kier alpha value is -2.77. The quantitative estimate of drug-likeness (QED) is 0.400. The summed E-state index contributed by atoms with van der Waals surface area (Å²) >= 11 is 4.85. The third kappa shape index (κ3) is 4.22. The molecule has 0 aliphatic heterocycles. The van der Waals surface area contributed by atoms with Gasteiger partial charge in [0.15, 0.2) is 0 Å². The number of halogens is 1. The van der Waals surface area contributed by atoms with Crippen LogP contribution in [0.4, 0.5) is 5.69 Å². The molecule has 0 unspecified atom stereocenters. The minimum absolute atomic E-state index is 0.0939. The normalized spacial score (nSPS) is 11.2. The van der Waals surface area contributed by atoms with Crippen LogP contribution in [0.5, 0.6) is 0 Å². The molecule has 1 amide bonds. The molecule has 2 aromatic carbocycles. The van der Waals surface area contributed by atoms with Gasteiger partial charge in [0, 0.05) is 21.1 Å². The first-order valence-corrected chi connectivity index (χ1v) is 11.2. The highest BCUT2D eigenvalue weighted by Gasteiger charge is 2.15. The Bertz CT molecular complexity index is 1260. The lowest BCUT2D eigenvalue weighted by molar-refractivity contribution is -0.116. The number of nitrogens with zero attached hydrogens (tertiary/aromatic N) is 2. The Morgan fingerprint density at radius 3 is 2.50 bits per heavy atom. The van der Waals surface area contributed by atoms with Gasteiger partial charge in [0.1, 0.15) is 11.4 Å². The molecule has 2 aromatic heterocycles. The molecule has 4 rings (SSSR count). The van der Waals surface area contributed by atoms with E-state index in [1.54, 1.807) is 0 Å². The van der Waals surface area contributed by atoms with Crippen molar-refractivity contribution in [3.8, 4) is 11.1 Å². The van der Waals surface area contributed by atoms with Gasteiger partial charge in [-0.05, 0) is 41.3 Å². The Morgan fingerprint density at radius 1 is 1.13 bits per heavy atom. The summed E-state index contributed by atoms with van der Waals surface area (Å²) in [6, 6.07) is 15.5. The van der Waals surface area contributed by atoms with E-state index >= 15 is 0 Å². The number of nitrogens with one attached hydrogen (secondary N) is 1. The SMILES string of the molecule is CC(C)c1ccc(NC(=O)Cn2cnc3scc(-c4ccc(Br)cc4)c3c2=O)cc1. The number of carbonyl (C=O) groups is 1. The van der Waals surface area contributed by atoms with E-state index in [0.29, 0.717) is 21.8 Å². The predicted octanol–water partition coefficient (Wildman–Crippen LogP) is 5.65. The van der Waals surface area contributed by atoms with Gasteiger partial charge in [-0.15, -0.1) is 11.3 Å². The molecular formula is C23H20BrN3O2S. The molecule has 0 fully saturated rings. The number of hydrogen-bond acceptors (Lipinski definition) is 4. The maximum Gasteiger partial charge on any atom is 0.263 e. The molecule has 152 valence electrons. The van der Waals surface area contributed by atoms with E-state index in [4.69, 9.17) is 0 Å². The van der Waals surface area contributed by atoms with E-state index in [9.17, 15) is 9.59 Å². The lowest BCUT2D eigenvalue weighted by atomic mass is 10.0. The third-order valence-corrected chi connectivity index (χ3v) is 6.31. The summed E-state index contributed by atoms with van der Waals surface area (Å²) in [5, 5.41) is 5.32. The van der Waals surface area contributed by atoms with Crippen molar-refractivity contribution >= 4 is 49.1 Å². The highest BCUT2D eigenvalue weighted by atomic mass is 79.9. The van der Waals surface area contributed by atoms with Gasteiger partial charge in [-0.1, -0.05) is 54.0 Å². The number of anilines is 1. The minimum atomic E-state index is -0.268. The van der Waals surface area contributed by atoms with Crippen molar-refractivity contribution in [2.75, 3.05) is 5.32 Å². The van der Waals surface area contributed by atoms with Crippen LogP contribution in [0.1, 0.15) is 25.3 Å². The lowest BCUT2D eigenvalue weighted by Gasteiger charge is -2.10. The van der Waals surface area contributed by atoms with Crippen LogP contribution in [-0.2, 0) is 11.3 Å². The number of benzene rings is 2. The summed E-state index contributed by atoms with van der Waals surface area (Å²) in [7, 11) is 0. The molecule has 0 spiro atoms. The number of rotatable bonds is 5. The molecule has 7 heteroatoms. The van der Waals surface area contributed by atoms with E-state index < -0.39 is 0 Å². The van der Waals surface area contributed by atoms with E-state index in [0.717, 1.165) is 15.6 Å². The van der Waals surface area contributed by atoms with Gasteiger partial charge in [-0.25, -0.2) is 4.98 Å². The average molecular weight is 482 g/mol. The van der Waals surface area contributed by atoms with Gasteiger partial charge in [0.25, 0.3) is 5.56 Å². The summed E-state index contributed by atoms with van der Waals surface area (Å²) in [4.78, 5) is 30.7. The molecule has 30 heavy (non-hydrogen) atoms. The zero-order valence-corrected chi connectivity index (χ0v) is 19.0. The van der Waals surface area contributed by atoms with Crippen LogP contribution in [0.2, 0.25) is 0 Å². The smallest absolute Gasteiger partial charge is 0.263 e. The van der Waals surface area contributed by atoms with Crippen LogP contribution >= 0.6 is 27.3 Å². The van der Waals surface area contributed by atoms with Crippen LogP contribution < -0.4 is 10.9 Å². The van der Waals surface area contributed by atoms with Gasteiger partial charge in [0.2, 0.25) is 5.91 Å². The maximum absolute atomic E-state index is 13.1. The number of fused-ring (bicyclic) bond motifs is 1. The van der Waals surface area contributed by atoms with Crippen molar-refractivity contribution in [1.29, 1.82) is 0 Å². The first-order valence-electron chi connectivity index (χ1n) is 9.55. The second-order valence-electron chi connectivity index (χ2n) is 7.34. The summed E-state index contributed by atoms with van der Waals surface area (Å²) < 4.78 is 2.33. The number of hydrogen-bond donors (Lipinski definition) is 1. The van der Waals surface area contributed by atoms with Crippen LogP contribution in [0.15, 0.2) is 69.5 Å². The van der Waals surface area contributed by atoms with Gasteiger partial charge in [-0.2, -0.15) is 0 Å². The van der Waals surface area contributed by atoms with Crippen LogP contribution in [-0.4, -0.2) is 15.5 Å². The standard InChI is InChI=1S/C23H20BrN3O2S/c1-14(2)15-5-9-18(10-6-15)26-20(28)11-27-13-25-22-21(23(27)29)19(12-30-22)16-3-7-17(24)8-4-16/h3-10,12-14H,11H2,1-2H3,(H,26,28). The minimum Gasteiger partial charge on any atom is -0.325 e. The summed E-state index contributed by atoms with van der Waals surface area (Å²) in [5.41, 5.74) is 3.47. The summed E-state index contributed by atoms with van der Waals surface area (Å²) in [6.07, 6.45) is 1.44. The molecule has 0 saturated carbocycles. The Morgan fingerprint density at radius 2 is 1.83 bits per heavy atom. The van der Waals surface area contributed by atoms with Crippen LogP contribution in [0.3, 0.4) is 0 Å². The molecule has 0 radical (unpaired) electrons. The first-order chi connectivity index (χ1) is 14.4. The van der Waals surface area contributed by atoms with Crippen molar-refractivity contribution in [2.24, 2.45) is 0 Å². The second-order valence-corrected chi connectivity index (χ2v) is 9.11. The Labute approximate surface area is 186 Å². The average Bonchev–Trinajstić information content (AvgIpc) is 3.16. The summed E-state index contributed by atoms with van der Waals surface area (Å²) in [6.45, 7) is 4.15. The summed E-state index contributed by atoms with van der Waals surface area (Å²) in [5.74, 6) is 0.160. The lowest BCUT2D eigenvalue weighted by Crippen LogP contribution is -2.27. The molecular weight excluding hydrogens is 462 g/mol. The Balaban J connectivity index is 1.59. The van der Waals surface area contributed by atoms with Gasteiger partial charge in [0.05, 0.1) is 11.7 Å². The fourth-order valence-corrected chi connectivity index (χ4v) is 4.40. The number of aromatic nitrogens is 2. The van der Waals surface area contributed by atoms with Crippen LogP contribution in [0, 0.1) is 0 Å². The van der Waals surface area contributed by atoms with E-state index in [1.165, 1.54) is 27.8 Å². The van der Waals surface area contributed by atoms with Gasteiger partial charge < -0.3 is 5.32 Å². The molecule has 4 aromatic rings. The Kier molecular flexibility index (Phi) is 5.83. The topological polar surface area (TPSA) is 64.0 Å². The number of carbonyl (C=O) groups excluding carboxylic acids is 1. The predicted molar refractivity (Wildman–Crippen MR) is 126 cm³/mol. The number of thiophene rings is 1. The zero-order chi connectivity index (χ0) is 21.3. The first kappa shape index (κ1) is 20.5. The molecule has 0 aliphatic rings. The molecule has 5 nitrogen and oxygen atoms in total. The largest absolute Gasteiger partial charge is 0.325 e. The molecule has 0 atom stereocenters. The maximum atomic E-state index is 13.1. The van der Waals surface area contributed by atoms with Gasteiger partial charge >= 0.3 is 0 Å². The zero-order valence-electron chi connectivity index (χ0n) is 16.6. The third-order valence-electron chi connectivity index (χ3n) is 4.89. The fraction of sp³-hybridized carbons (Fsp3) is 0.174. The van der Waals surface area contributed by atoms with Crippen molar-refractivity contribution in [2.45, 2.75) is 26.3 Å². The van der Waals surface area contributed by atoms with E-state index in [-0.39, 0.29) is 18.0 Å².